The molecule has 0 radical (unpaired) electrons. The van der Waals surface area contributed by atoms with Gasteiger partial charge in [0.05, 0.1) is 17.7 Å². The third kappa shape index (κ3) is 3.16. The summed E-state index contributed by atoms with van der Waals surface area (Å²) in [6.45, 7) is 6.28. The smallest absolute Gasteiger partial charge is 0.194 e. The van der Waals surface area contributed by atoms with Gasteiger partial charge in [-0.15, -0.1) is 0 Å². The van der Waals surface area contributed by atoms with Crippen molar-refractivity contribution >= 4 is 17.3 Å². The van der Waals surface area contributed by atoms with E-state index in [1.54, 1.807) is 13.8 Å². The number of ether oxygens (including phenoxy) is 2. The van der Waals surface area contributed by atoms with Gasteiger partial charge in [0.1, 0.15) is 45.8 Å². The molecule has 180 valence electrons. The van der Waals surface area contributed by atoms with Crippen LogP contribution in [0.15, 0.2) is 47.4 Å². The molecule has 1 unspecified atom stereocenters. The molecule has 2 aromatic carbocycles. The summed E-state index contributed by atoms with van der Waals surface area (Å²) in [6, 6.07) is 7.76. The first kappa shape index (κ1) is 22.7. The standard InChI is InChI=1S/C27H25NO7/c1-12-23(31)21(14(3)29)25-22(24(12)32)27(4)19(35-25)10-17(30)20(26(27)33)13(2)28-11-16-9-15-7-5-6-8-18(15)34-16/h5-8,10,16,28,31-32H,9,11H2,1-4H3/t16?,27-/m0/s1. The average Bonchev–Trinajstić information content (AvgIpc) is 3.35. The summed E-state index contributed by atoms with van der Waals surface area (Å²) in [7, 11) is 0. The molecule has 5 rings (SSSR count). The molecule has 2 aromatic rings. The van der Waals surface area contributed by atoms with Gasteiger partial charge in [-0.25, -0.2) is 0 Å². The van der Waals surface area contributed by atoms with Gasteiger partial charge in [0.2, 0.25) is 0 Å². The van der Waals surface area contributed by atoms with Crippen molar-refractivity contribution < 1.29 is 34.1 Å². The molecule has 2 atom stereocenters. The summed E-state index contributed by atoms with van der Waals surface area (Å²) in [5.41, 5.74) is -0.113. The summed E-state index contributed by atoms with van der Waals surface area (Å²) in [6.07, 6.45) is 1.77. The maximum Gasteiger partial charge on any atom is 0.194 e. The molecule has 8 heteroatoms. The van der Waals surface area contributed by atoms with Gasteiger partial charge in [0.15, 0.2) is 17.3 Å². The highest BCUT2D eigenvalue weighted by molar-refractivity contribution is 6.31. The number of aromatic hydroxyl groups is 2. The van der Waals surface area contributed by atoms with Crippen molar-refractivity contribution in [3.63, 3.8) is 0 Å². The van der Waals surface area contributed by atoms with Gasteiger partial charge in [-0.2, -0.15) is 0 Å². The molecule has 0 amide bonds. The fourth-order valence-corrected chi connectivity index (χ4v) is 5.09. The second-order valence-corrected chi connectivity index (χ2v) is 9.32. The Bertz CT molecular complexity index is 1380. The van der Waals surface area contributed by atoms with E-state index < -0.39 is 28.5 Å². The number of rotatable bonds is 4. The SMILES string of the molecule is CC(=O)c1c(O)c(C)c(O)c2c1OC1=CC(=O)C(=C(C)NCC3Cc4ccccc4O3)C(=O)[C@@]12C. The van der Waals surface area contributed by atoms with E-state index in [0.717, 1.165) is 11.3 Å². The average molecular weight is 475 g/mol. The van der Waals surface area contributed by atoms with Crippen LogP contribution >= 0.6 is 0 Å². The number of Topliss-reactive ketones (excluding diaryl/α,β-unsaturated/α-hetero) is 2. The van der Waals surface area contributed by atoms with E-state index in [2.05, 4.69) is 5.32 Å². The third-order valence-electron chi connectivity index (χ3n) is 7.07. The van der Waals surface area contributed by atoms with Crippen LogP contribution in [0.1, 0.15) is 47.8 Å². The van der Waals surface area contributed by atoms with Gasteiger partial charge in [0.25, 0.3) is 0 Å². The summed E-state index contributed by atoms with van der Waals surface area (Å²) < 4.78 is 11.7. The van der Waals surface area contributed by atoms with Crippen molar-refractivity contribution in [3.05, 3.63) is 69.6 Å². The van der Waals surface area contributed by atoms with Gasteiger partial charge in [-0.05, 0) is 39.3 Å². The molecule has 3 aliphatic rings. The van der Waals surface area contributed by atoms with Gasteiger partial charge in [0, 0.05) is 23.8 Å². The van der Waals surface area contributed by atoms with Crippen LogP contribution in [0.25, 0.3) is 0 Å². The maximum atomic E-state index is 13.8. The second kappa shape index (κ2) is 7.73. The number of phenolic OH excluding ortho intramolecular Hbond substituents is 2. The van der Waals surface area contributed by atoms with Gasteiger partial charge < -0.3 is 25.0 Å². The fraction of sp³-hybridized carbons (Fsp3) is 0.296. The van der Waals surface area contributed by atoms with Crippen molar-refractivity contribution in [1.82, 2.24) is 5.32 Å². The fourth-order valence-electron chi connectivity index (χ4n) is 5.09. The van der Waals surface area contributed by atoms with Gasteiger partial charge in [-0.1, -0.05) is 18.2 Å². The minimum atomic E-state index is -1.53. The Morgan fingerprint density at radius 2 is 1.89 bits per heavy atom. The lowest BCUT2D eigenvalue weighted by Gasteiger charge is -2.29. The Morgan fingerprint density at radius 1 is 1.17 bits per heavy atom. The van der Waals surface area contributed by atoms with E-state index in [0.29, 0.717) is 18.7 Å². The normalized spacial score (nSPS) is 23.5. The Morgan fingerprint density at radius 3 is 2.57 bits per heavy atom. The highest BCUT2D eigenvalue weighted by atomic mass is 16.5. The molecule has 8 nitrogen and oxygen atoms in total. The second-order valence-electron chi connectivity index (χ2n) is 9.32. The van der Waals surface area contributed by atoms with E-state index >= 15 is 0 Å². The van der Waals surface area contributed by atoms with Crippen molar-refractivity contribution in [2.45, 2.75) is 45.6 Å². The number of carbonyl (C=O) groups excluding carboxylic acids is 3. The molecular weight excluding hydrogens is 450 g/mol. The third-order valence-corrected chi connectivity index (χ3v) is 7.07. The number of hydrogen-bond acceptors (Lipinski definition) is 8. The van der Waals surface area contributed by atoms with Crippen molar-refractivity contribution in [2.75, 3.05) is 6.54 Å². The number of hydrogen-bond donors (Lipinski definition) is 3. The number of ketones is 3. The van der Waals surface area contributed by atoms with Crippen LogP contribution in [0, 0.1) is 6.92 Å². The van der Waals surface area contributed by atoms with Crippen LogP contribution in [0.3, 0.4) is 0 Å². The Balaban J connectivity index is 1.51. The van der Waals surface area contributed by atoms with Crippen molar-refractivity contribution in [3.8, 4) is 23.0 Å². The maximum absolute atomic E-state index is 13.8. The molecule has 0 saturated heterocycles. The van der Waals surface area contributed by atoms with E-state index in [9.17, 15) is 24.6 Å². The molecule has 2 heterocycles. The van der Waals surface area contributed by atoms with Crippen LogP contribution in [0.5, 0.6) is 23.0 Å². The van der Waals surface area contributed by atoms with Crippen LogP contribution in [0.4, 0.5) is 0 Å². The lowest BCUT2D eigenvalue weighted by atomic mass is 9.70. The summed E-state index contributed by atoms with van der Waals surface area (Å²) >= 11 is 0. The Hall–Kier alpha value is -4.07. The highest BCUT2D eigenvalue weighted by Crippen LogP contribution is 2.57. The molecule has 1 aliphatic carbocycles. The Kier molecular flexibility index (Phi) is 5.01. The van der Waals surface area contributed by atoms with Crippen LogP contribution in [-0.2, 0) is 21.4 Å². The zero-order chi connectivity index (χ0) is 25.2. The monoisotopic (exact) mass is 475 g/mol. The van der Waals surface area contributed by atoms with Crippen molar-refractivity contribution in [1.29, 1.82) is 0 Å². The van der Waals surface area contributed by atoms with E-state index in [1.807, 2.05) is 24.3 Å². The highest BCUT2D eigenvalue weighted by Gasteiger charge is 2.56. The first-order valence-corrected chi connectivity index (χ1v) is 11.3. The summed E-state index contributed by atoms with van der Waals surface area (Å²) in [5, 5.41) is 24.5. The van der Waals surface area contributed by atoms with Gasteiger partial charge in [-0.3, -0.25) is 14.4 Å². The number of nitrogens with one attached hydrogen (secondary N) is 1. The molecule has 0 saturated carbocycles. The van der Waals surface area contributed by atoms with Crippen molar-refractivity contribution in [2.24, 2.45) is 0 Å². The molecule has 0 spiro atoms. The molecular formula is C27H25NO7. The quantitative estimate of drug-likeness (QED) is 0.350. The number of benzene rings is 2. The molecule has 0 aromatic heterocycles. The number of phenols is 2. The van der Waals surface area contributed by atoms with E-state index in [-0.39, 0.29) is 45.6 Å². The Labute approximate surface area is 201 Å². The predicted molar refractivity (Wildman–Crippen MR) is 126 cm³/mol. The molecule has 0 fully saturated rings. The molecule has 0 bridgehead atoms. The molecule has 3 N–H and O–H groups in total. The lowest BCUT2D eigenvalue weighted by Crippen LogP contribution is -2.41. The number of fused-ring (bicyclic) bond motifs is 4. The predicted octanol–water partition coefficient (Wildman–Crippen LogP) is 3.16. The first-order chi connectivity index (χ1) is 16.6. The van der Waals surface area contributed by atoms with Crippen LogP contribution < -0.4 is 14.8 Å². The zero-order valence-electron chi connectivity index (χ0n) is 19.8. The topological polar surface area (TPSA) is 122 Å². The molecule has 35 heavy (non-hydrogen) atoms. The van der Waals surface area contributed by atoms with E-state index in [4.69, 9.17) is 9.47 Å². The minimum Gasteiger partial charge on any atom is -0.507 e. The number of carbonyl (C=O) groups is 3. The lowest BCUT2D eigenvalue weighted by molar-refractivity contribution is -0.123. The van der Waals surface area contributed by atoms with E-state index in [1.165, 1.54) is 19.9 Å². The van der Waals surface area contributed by atoms with Crippen LogP contribution in [0.2, 0.25) is 0 Å². The zero-order valence-corrected chi connectivity index (χ0v) is 19.8. The largest absolute Gasteiger partial charge is 0.507 e. The molecule has 2 aliphatic heterocycles. The summed E-state index contributed by atoms with van der Waals surface area (Å²) in [4.78, 5) is 39.1. The number of allylic oxidation sites excluding steroid dienone is 4. The summed E-state index contributed by atoms with van der Waals surface area (Å²) in [5.74, 6) is -1.62. The minimum absolute atomic E-state index is 0.0106. The van der Waals surface area contributed by atoms with Crippen LogP contribution in [-0.4, -0.2) is 40.2 Å². The van der Waals surface area contributed by atoms with Gasteiger partial charge >= 0.3 is 0 Å². The number of para-hydroxylation sites is 1. The first-order valence-electron chi connectivity index (χ1n) is 11.3.